The summed E-state index contributed by atoms with van der Waals surface area (Å²) in [7, 11) is 1.56. The lowest BCUT2D eigenvalue weighted by atomic mass is 10.1. The molecule has 2 aromatic carbocycles. The normalized spacial score (nSPS) is 11.9. The molecule has 3 nitrogen and oxygen atoms in total. The number of benzene rings is 2. The Morgan fingerprint density at radius 2 is 1.73 bits per heavy atom. The van der Waals surface area contributed by atoms with E-state index in [9.17, 15) is 13.2 Å². The monoisotopic (exact) mass is 306 g/mol. The smallest absolute Gasteiger partial charge is 0.418 e. The van der Waals surface area contributed by atoms with Crippen LogP contribution in [0, 0.1) is 6.92 Å². The molecule has 0 radical (unpaired) electrons. The molecule has 3 rings (SSSR count). The largest absolute Gasteiger partial charge is 0.497 e. The molecule has 0 N–H and O–H groups in total. The second kappa shape index (κ2) is 5.05. The number of alkyl halides is 3. The Balaban J connectivity index is 2.24. The highest BCUT2D eigenvalue weighted by atomic mass is 19.4. The van der Waals surface area contributed by atoms with E-state index in [1.54, 1.807) is 48.9 Å². The molecule has 0 amide bonds. The third-order valence-electron chi connectivity index (χ3n) is 3.49. The minimum atomic E-state index is -4.43. The highest BCUT2D eigenvalue weighted by Crippen LogP contribution is 2.35. The van der Waals surface area contributed by atoms with Crippen LogP contribution in [0.4, 0.5) is 13.2 Å². The molecular formula is C16H13F3N2O. The maximum absolute atomic E-state index is 13.1. The summed E-state index contributed by atoms with van der Waals surface area (Å²) in [5.41, 5.74) is 0.404. The van der Waals surface area contributed by atoms with E-state index < -0.39 is 11.7 Å². The number of aromatic nitrogens is 2. The van der Waals surface area contributed by atoms with Crippen LogP contribution in [0.5, 0.6) is 5.75 Å². The fourth-order valence-electron chi connectivity index (χ4n) is 2.50. The topological polar surface area (TPSA) is 27.1 Å². The molecule has 114 valence electrons. The number of imidazole rings is 1. The third-order valence-corrected chi connectivity index (χ3v) is 3.49. The molecule has 0 atom stereocenters. The van der Waals surface area contributed by atoms with Crippen molar-refractivity contribution in [3.63, 3.8) is 0 Å². The lowest BCUT2D eigenvalue weighted by Crippen LogP contribution is -2.05. The lowest BCUT2D eigenvalue weighted by Gasteiger charge is -2.09. The molecule has 0 aliphatic rings. The van der Waals surface area contributed by atoms with Gasteiger partial charge >= 0.3 is 6.18 Å². The van der Waals surface area contributed by atoms with Crippen LogP contribution in [0.3, 0.4) is 0 Å². The van der Waals surface area contributed by atoms with Crippen molar-refractivity contribution >= 4 is 11.0 Å². The van der Waals surface area contributed by atoms with Gasteiger partial charge in [-0.05, 0) is 43.3 Å². The number of rotatable bonds is 2. The Morgan fingerprint density at radius 1 is 1.05 bits per heavy atom. The molecule has 0 bridgehead atoms. The quantitative estimate of drug-likeness (QED) is 0.703. The van der Waals surface area contributed by atoms with E-state index in [2.05, 4.69) is 4.98 Å². The van der Waals surface area contributed by atoms with Crippen molar-refractivity contribution in [1.29, 1.82) is 0 Å². The molecular weight excluding hydrogens is 293 g/mol. The predicted octanol–water partition coefficient (Wildman–Crippen LogP) is 4.36. The van der Waals surface area contributed by atoms with E-state index >= 15 is 0 Å². The van der Waals surface area contributed by atoms with E-state index in [0.29, 0.717) is 17.1 Å². The second-order valence-electron chi connectivity index (χ2n) is 4.86. The van der Waals surface area contributed by atoms with Crippen molar-refractivity contribution in [3.8, 4) is 11.4 Å². The van der Waals surface area contributed by atoms with E-state index in [1.165, 1.54) is 6.07 Å². The summed E-state index contributed by atoms with van der Waals surface area (Å²) in [4.78, 5) is 4.11. The first-order chi connectivity index (χ1) is 10.4. The maximum atomic E-state index is 13.1. The van der Waals surface area contributed by atoms with Gasteiger partial charge in [-0.3, -0.25) is 4.57 Å². The van der Waals surface area contributed by atoms with Crippen LogP contribution in [0.15, 0.2) is 42.5 Å². The first kappa shape index (κ1) is 14.4. The Labute approximate surface area is 125 Å². The van der Waals surface area contributed by atoms with Crippen molar-refractivity contribution in [2.45, 2.75) is 13.1 Å². The fourth-order valence-corrected chi connectivity index (χ4v) is 2.50. The fraction of sp³-hybridized carbons (Fsp3) is 0.188. The molecule has 3 aromatic rings. The Bertz CT molecular complexity index is 820. The van der Waals surface area contributed by atoms with E-state index in [4.69, 9.17) is 4.74 Å². The summed E-state index contributed by atoms with van der Waals surface area (Å²) in [5.74, 6) is 1.18. The highest BCUT2D eigenvalue weighted by molar-refractivity contribution is 5.82. The summed E-state index contributed by atoms with van der Waals surface area (Å²) in [6, 6.07) is 11.2. The zero-order valence-electron chi connectivity index (χ0n) is 12.0. The van der Waals surface area contributed by atoms with Crippen molar-refractivity contribution in [1.82, 2.24) is 9.55 Å². The number of aryl methyl sites for hydroxylation is 1. The van der Waals surface area contributed by atoms with Crippen LogP contribution >= 0.6 is 0 Å². The van der Waals surface area contributed by atoms with Crippen LogP contribution in [0.2, 0.25) is 0 Å². The summed E-state index contributed by atoms with van der Waals surface area (Å²) >= 11 is 0. The number of halogens is 3. The number of hydrogen-bond donors (Lipinski definition) is 0. The van der Waals surface area contributed by atoms with Gasteiger partial charge in [0, 0.05) is 5.69 Å². The Kier molecular flexibility index (Phi) is 3.31. The van der Waals surface area contributed by atoms with Gasteiger partial charge in [0.15, 0.2) is 0 Å². The van der Waals surface area contributed by atoms with Gasteiger partial charge in [-0.2, -0.15) is 13.2 Å². The predicted molar refractivity (Wildman–Crippen MR) is 77.4 cm³/mol. The molecule has 22 heavy (non-hydrogen) atoms. The van der Waals surface area contributed by atoms with Crippen molar-refractivity contribution in [3.05, 3.63) is 53.9 Å². The lowest BCUT2D eigenvalue weighted by molar-refractivity contribution is -0.136. The van der Waals surface area contributed by atoms with Crippen molar-refractivity contribution < 1.29 is 17.9 Å². The Hall–Kier alpha value is -2.50. The summed E-state index contributed by atoms with van der Waals surface area (Å²) in [6.07, 6.45) is -4.43. The molecule has 0 fully saturated rings. The summed E-state index contributed by atoms with van der Waals surface area (Å²) < 4.78 is 46.1. The standard InChI is InChI=1S/C16H13F3N2O/c1-10-20-15-13(16(17,18)19)4-3-5-14(15)21(10)11-6-8-12(22-2)9-7-11/h3-9H,1-2H3. The number of hydrogen-bond acceptors (Lipinski definition) is 2. The highest BCUT2D eigenvalue weighted by Gasteiger charge is 2.34. The molecule has 0 aliphatic heterocycles. The number of para-hydroxylation sites is 1. The number of ether oxygens (including phenoxy) is 1. The number of methoxy groups -OCH3 is 1. The third kappa shape index (κ3) is 2.30. The number of nitrogens with zero attached hydrogens (tertiary/aromatic N) is 2. The summed E-state index contributed by atoms with van der Waals surface area (Å²) in [6.45, 7) is 1.68. The first-order valence-corrected chi connectivity index (χ1v) is 6.61. The van der Waals surface area contributed by atoms with Gasteiger partial charge in [0.1, 0.15) is 17.1 Å². The molecule has 6 heteroatoms. The van der Waals surface area contributed by atoms with Crippen molar-refractivity contribution in [2.75, 3.05) is 7.11 Å². The van der Waals surface area contributed by atoms with Crippen LogP contribution < -0.4 is 4.74 Å². The molecule has 0 saturated heterocycles. The molecule has 0 spiro atoms. The van der Waals surface area contributed by atoms with E-state index in [-0.39, 0.29) is 5.52 Å². The molecule has 0 saturated carbocycles. The van der Waals surface area contributed by atoms with E-state index in [1.807, 2.05) is 0 Å². The zero-order valence-corrected chi connectivity index (χ0v) is 12.0. The van der Waals surface area contributed by atoms with Gasteiger partial charge in [0.2, 0.25) is 0 Å². The molecule has 1 heterocycles. The van der Waals surface area contributed by atoms with Crippen LogP contribution in [-0.2, 0) is 6.18 Å². The average molecular weight is 306 g/mol. The second-order valence-corrected chi connectivity index (χ2v) is 4.86. The molecule has 0 aliphatic carbocycles. The first-order valence-electron chi connectivity index (χ1n) is 6.61. The minimum absolute atomic E-state index is 0.0386. The molecule has 0 unspecified atom stereocenters. The van der Waals surface area contributed by atoms with Gasteiger partial charge in [-0.25, -0.2) is 4.98 Å². The van der Waals surface area contributed by atoms with Crippen molar-refractivity contribution in [2.24, 2.45) is 0 Å². The van der Waals surface area contributed by atoms with Gasteiger partial charge in [0.25, 0.3) is 0 Å². The van der Waals surface area contributed by atoms with Crippen LogP contribution in [-0.4, -0.2) is 16.7 Å². The summed E-state index contributed by atoms with van der Waals surface area (Å²) in [5, 5.41) is 0. The van der Waals surface area contributed by atoms with Crippen LogP contribution in [0.25, 0.3) is 16.7 Å². The Morgan fingerprint density at radius 3 is 2.32 bits per heavy atom. The number of fused-ring (bicyclic) bond motifs is 1. The maximum Gasteiger partial charge on any atom is 0.418 e. The van der Waals surface area contributed by atoms with Gasteiger partial charge < -0.3 is 4.74 Å². The van der Waals surface area contributed by atoms with Gasteiger partial charge in [-0.1, -0.05) is 6.07 Å². The van der Waals surface area contributed by atoms with Gasteiger partial charge in [0.05, 0.1) is 18.2 Å². The molecule has 1 aromatic heterocycles. The zero-order chi connectivity index (χ0) is 15.9. The average Bonchev–Trinajstić information content (AvgIpc) is 2.82. The van der Waals surface area contributed by atoms with Crippen LogP contribution in [0.1, 0.15) is 11.4 Å². The van der Waals surface area contributed by atoms with Gasteiger partial charge in [-0.15, -0.1) is 0 Å². The van der Waals surface area contributed by atoms with E-state index in [0.717, 1.165) is 11.8 Å². The minimum Gasteiger partial charge on any atom is -0.497 e. The SMILES string of the molecule is COc1ccc(-n2c(C)nc3c(C(F)(F)F)cccc32)cc1.